The fourth-order valence-corrected chi connectivity index (χ4v) is 2.02. The number of β-amino-alcohol motifs (C(OH)–C–C–N with tert-alkyl or cyclic N) is 1. The van der Waals surface area contributed by atoms with Gasteiger partial charge in [-0.2, -0.15) is 0 Å². The van der Waals surface area contributed by atoms with Crippen molar-refractivity contribution in [3.63, 3.8) is 0 Å². The molecule has 1 aliphatic rings. The lowest BCUT2D eigenvalue weighted by Gasteiger charge is -2.46. The molecule has 4 nitrogen and oxygen atoms in total. The summed E-state index contributed by atoms with van der Waals surface area (Å²) in [6.07, 6.45) is 0.942. The zero-order valence-corrected chi connectivity index (χ0v) is 9.89. The average Bonchev–Trinajstić information content (AvgIpc) is 2.24. The summed E-state index contributed by atoms with van der Waals surface area (Å²) in [4.78, 5) is 13.5. The van der Waals surface area contributed by atoms with Crippen LogP contribution in [0.5, 0.6) is 5.75 Å². The molecular weight excluding hydrogens is 218 g/mol. The molecule has 1 aromatic carbocycles. The van der Waals surface area contributed by atoms with Crippen LogP contribution in [0.4, 0.5) is 0 Å². The van der Waals surface area contributed by atoms with E-state index in [4.69, 9.17) is 0 Å². The fraction of sp³-hybridized carbons (Fsp3) is 0.462. The molecule has 0 bridgehead atoms. The van der Waals surface area contributed by atoms with Crippen LogP contribution in [0.15, 0.2) is 24.3 Å². The zero-order valence-electron chi connectivity index (χ0n) is 9.89. The molecule has 0 radical (unpaired) electrons. The molecule has 0 atom stereocenters. The fourth-order valence-electron chi connectivity index (χ4n) is 2.02. The van der Waals surface area contributed by atoms with E-state index in [1.807, 2.05) is 13.0 Å². The number of aliphatic hydroxyl groups is 1. The quantitative estimate of drug-likeness (QED) is 0.819. The maximum atomic E-state index is 11.8. The number of phenols is 1. The number of hydrogen-bond acceptors (Lipinski definition) is 3. The van der Waals surface area contributed by atoms with E-state index in [-0.39, 0.29) is 18.1 Å². The molecule has 1 fully saturated rings. The van der Waals surface area contributed by atoms with Crippen LogP contribution in [0.3, 0.4) is 0 Å². The summed E-state index contributed by atoms with van der Waals surface area (Å²) in [5.41, 5.74) is 0.107. The lowest BCUT2D eigenvalue weighted by atomic mass is 9.91. The highest BCUT2D eigenvalue weighted by Gasteiger charge is 2.41. The van der Waals surface area contributed by atoms with E-state index in [2.05, 4.69) is 0 Å². The van der Waals surface area contributed by atoms with Crippen molar-refractivity contribution in [2.75, 3.05) is 13.1 Å². The number of rotatable bonds is 3. The number of phenolic OH excluding ortho intramolecular Hbond substituents is 1. The van der Waals surface area contributed by atoms with Crippen molar-refractivity contribution in [2.24, 2.45) is 0 Å². The monoisotopic (exact) mass is 235 g/mol. The van der Waals surface area contributed by atoms with Gasteiger partial charge >= 0.3 is 0 Å². The van der Waals surface area contributed by atoms with Crippen molar-refractivity contribution < 1.29 is 15.0 Å². The first-order valence-corrected chi connectivity index (χ1v) is 5.80. The van der Waals surface area contributed by atoms with Gasteiger partial charge < -0.3 is 15.1 Å². The van der Waals surface area contributed by atoms with Gasteiger partial charge in [0.25, 0.3) is 0 Å². The van der Waals surface area contributed by atoms with Gasteiger partial charge in [0.1, 0.15) is 5.75 Å². The average molecular weight is 235 g/mol. The standard InChI is InChI=1S/C13H17NO3/c1-2-13(17)8-14(9-13)12(16)7-10-4-3-5-11(15)6-10/h3-6,15,17H,2,7-9H2,1H3. The van der Waals surface area contributed by atoms with Crippen LogP contribution in [0.1, 0.15) is 18.9 Å². The van der Waals surface area contributed by atoms with Crippen molar-refractivity contribution in [3.05, 3.63) is 29.8 Å². The lowest BCUT2D eigenvalue weighted by molar-refractivity contribution is -0.155. The molecule has 4 heteroatoms. The minimum Gasteiger partial charge on any atom is -0.508 e. The van der Waals surface area contributed by atoms with Gasteiger partial charge in [-0.05, 0) is 24.1 Å². The summed E-state index contributed by atoms with van der Waals surface area (Å²) >= 11 is 0. The van der Waals surface area contributed by atoms with Crippen molar-refractivity contribution >= 4 is 5.91 Å². The van der Waals surface area contributed by atoms with E-state index in [1.54, 1.807) is 23.1 Å². The first-order valence-electron chi connectivity index (χ1n) is 5.80. The molecule has 0 aliphatic carbocycles. The summed E-state index contributed by atoms with van der Waals surface area (Å²) in [6.45, 7) is 2.75. The number of carbonyl (C=O) groups excluding carboxylic acids is 1. The predicted molar refractivity (Wildman–Crippen MR) is 63.6 cm³/mol. The molecule has 0 spiro atoms. The Morgan fingerprint density at radius 2 is 2.18 bits per heavy atom. The highest BCUT2D eigenvalue weighted by Crippen LogP contribution is 2.24. The van der Waals surface area contributed by atoms with Gasteiger partial charge in [-0.25, -0.2) is 0 Å². The molecule has 92 valence electrons. The minimum absolute atomic E-state index is 0.00581. The molecule has 2 N–H and O–H groups in total. The van der Waals surface area contributed by atoms with Crippen molar-refractivity contribution in [1.29, 1.82) is 0 Å². The lowest BCUT2D eigenvalue weighted by Crippen LogP contribution is -2.63. The topological polar surface area (TPSA) is 60.8 Å². The van der Waals surface area contributed by atoms with Gasteiger partial charge in [0.05, 0.1) is 25.1 Å². The Labute approximate surface area is 100 Å². The van der Waals surface area contributed by atoms with Gasteiger partial charge in [-0.3, -0.25) is 4.79 Å². The van der Waals surface area contributed by atoms with Gasteiger partial charge in [0.2, 0.25) is 5.91 Å². The molecule has 1 amide bonds. The number of hydrogen-bond donors (Lipinski definition) is 2. The first kappa shape index (κ1) is 11.9. The largest absolute Gasteiger partial charge is 0.508 e. The third-order valence-electron chi connectivity index (χ3n) is 3.25. The summed E-state index contributed by atoms with van der Waals surface area (Å²) in [7, 11) is 0. The molecule has 1 heterocycles. The summed E-state index contributed by atoms with van der Waals surface area (Å²) in [5.74, 6) is 0.165. The second kappa shape index (κ2) is 4.37. The predicted octanol–water partition coefficient (Wildman–Crippen LogP) is 0.918. The molecule has 0 saturated carbocycles. The summed E-state index contributed by atoms with van der Waals surface area (Å²) in [6, 6.07) is 6.69. The van der Waals surface area contributed by atoms with Crippen molar-refractivity contribution in [3.8, 4) is 5.75 Å². The van der Waals surface area contributed by atoms with Crippen LogP contribution in [0.2, 0.25) is 0 Å². The number of aromatic hydroxyl groups is 1. The van der Waals surface area contributed by atoms with Crippen LogP contribution in [0.25, 0.3) is 0 Å². The highest BCUT2D eigenvalue weighted by atomic mass is 16.3. The number of likely N-dealkylation sites (tertiary alicyclic amines) is 1. The maximum Gasteiger partial charge on any atom is 0.227 e. The van der Waals surface area contributed by atoms with E-state index in [9.17, 15) is 15.0 Å². The Kier molecular flexibility index (Phi) is 3.07. The Bertz CT molecular complexity index is 424. The van der Waals surface area contributed by atoms with Crippen molar-refractivity contribution in [2.45, 2.75) is 25.4 Å². The molecule has 17 heavy (non-hydrogen) atoms. The van der Waals surface area contributed by atoms with E-state index in [0.717, 1.165) is 5.56 Å². The van der Waals surface area contributed by atoms with Crippen LogP contribution >= 0.6 is 0 Å². The number of nitrogens with zero attached hydrogens (tertiary/aromatic N) is 1. The molecule has 0 unspecified atom stereocenters. The Morgan fingerprint density at radius 3 is 2.76 bits per heavy atom. The number of benzene rings is 1. The molecular formula is C13H17NO3. The Hall–Kier alpha value is -1.55. The zero-order chi connectivity index (χ0) is 12.5. The third-order valence-corrected chi connectivity index (χ3v) is 3.25. The maximum absolute atomic E-state index is 11.8. The highest BCUT2D eigenvalue weighted by molar-refractivity contribution is 5.80. The second-order valence-corrected chi connectivity index (χ2v) is 4.67. The SMILES string of the molecule is CCC1(O)CN(C(=O)Cc2cccc(O)c2)C1. The van der Waals surface area contributed by atoms with Crippen LogP contribution in [-0.2, 0) is 11.2 Å². The minimum atomic E-state index is -0.686. The van der Waals surface area contributed by atoms with E-state index < -0.39 is 5.60 Å². The third kappa shape index (κ3) is 2.58. The van der Waals surface area contributed by atoms with Gasteiger partial charge in [-0.15, -0.1) is 0 Å². The molecule has 2 rings (SSSR count). The normalized spacial score (nSPS) is 17.6. The Morgan fingerprint density at radius 1 is 1.47 bits per heavy atom. The van der Waals surface area contributed by atoms with Gasteiger partial charge in [0, 0.05) is 0 Å². The summed E-state index contributed by atoms with van der Waals surface area (Å²) in [5, 5.41) is 19.1. The van der Waals surface area contributed by atoms with E-state index >= 15 is 0 Å². The van der Waals surface area contributed by atoms with Crippen molar-refractivity contribution in [1.82, 2.24) is 4.90 Å². The number of carbonyl (C=O) groups is 1. The van der Waals surface area contributed by atoms with E-state index in [1.165, 1.54) is 0 Å². The van der Waals surface area contributed by atoms with E-state index in [0.29, 0.717) is 19.5 Å². The molecule has 1 aromatic rings. The van der Waals surface area contributed by atoms with Crippen LogP contribution < -0.4 is 0 Å². The smallest absolute Gasteiger partial charge is 0.227 e. The van der Waals surface area contributed by atoms with Crippen LogP contribution in [0, 0.1) is 0 Å². The second-order valence-electron chi connectivity index (χ2n) is 4.67. The van der Waals surface area contributed by atoms with Gasteiger partial charge in [-0.1, -0.05) is 19.1 Å². The molecule has 1 aliphatic heterocycles. The van der Waals surface area contributed by atoms with Gasteiger partial charge in [0.15, 0.2) is 0 Å². The number of amides is 1. The van der Waals surface area contributed by atoms with Crippen LogP contribution in [-0.4, -0.2) is 39.7 Å². The molecule has 1 saturated heterocycles. The Balaban J connectivity index is 1.91. The molecule has 0 aromatic heterocycles. The first-order chi connectivity index (χ1) is 8.02. The summed E-state index contributed by atoms with van der Waals surface area (Å²) < 4.78 is 0.